The molecule has 0 radical (unpaired) electrons. The van der Waals surface area contributed by atoms with E-state index in [2.05, 4.69) is 50.3 Å². The van der Waals surface area contributed by atoms with Gasteiger partial charge in [0.15, 0.2) is 6.10 Å². The molecule has 0 bridgehead atoms. The summed E-state index contributed by atoms with van der Waals surface area (Å²) < 4.78 is 33.4. The van der Waals surface area contributed by atoms with Gasteiger partial charge in [0.2, 0.25) is 0 Å². The van der Waals surface area contributed by atoms with E-state index in [4.69, 9.17) is 18.5 Å². The maximum absolute atomic E-state index is 12.8. The number of hydrogen-bond acceptors (Lipinski definition) is 13. The van der Waals surface area contributed by atoms with Gasteiger partial charge in [-0.15, -0.1) is 0 Å². The SMILES string of the molecule is CC/C=C\C/C=C\C/C=C\C/C=C\C=C/C(O)C/C=C\CCC(=O)O[C@H](COC(=O)CCCCCCCCCCCCCCCCCCC)COP(=O)(O)OC1[C@H](O)[C@H](O)C(O)[C@H](O)[C@H]1O. The van der Waals surface area contributed by atoms with Crippen LogP contribution in [0.1, 0.15) is 174 Å². The number of aliphatic hydroxyl groups excluding tert-OH is 6. The first-order valence-corrected chi connectivity index (χ1v) is 26.3. The molecule has 0 aromatic carbocycles. The fourth-order valence-corrected chi connectivity index (χ4v) is 8.14. The molecule has 15 heteroatoms. The van der Waals surface area contributed by atoms with Crippen LogP contribution in [-0.4, -0.2) is 110 Å². The quantitative estimate of drug-likeness (QED) is 0.00999. The van der Waals surface area contributed by atoms with Crippen molar-refractivity contribution in [1.82, 2.24) is 0 Å². The molecule has 0 spiro atoms. The Morgan fingerprint density at radius 3 is 1.58 bits per heavy atom. The monoisotopic (exact) mass is 955 g/mol. The van der Waals surface area contributed by atoms with Crippen LogP contribution in [0.15, 0.2) is 72.9 Å². The standard InChI is InChI=1S/C51H87O14P/c1-3-5-7-9-11-13-15-17-18-19-20-22-24-26-28-30-34-38-44(53)62-40-43(41-63-66(60,61)65-51-49(58)47(56)46(55)48(57)50(51)59)64-45(54)39-35-31-33-37-42(52)36-32-29-27-25-23-21-16-14-12-10-8-6-4-2/h6,8,12,14,21,23,27,29,31-33,36,42-43,46-52,55-59H,3-5,7,9-11,13,15-20,22,24-26,28,30,34-35,37-41H2,1-2H3,(H,60,61)/b8-6-,14-12-,23-21-,29-27-,33-31-,36-32-/t42?,43-,46?,47-,48+,49-,50-,51?/m1/s1. The van der Waals surface area contributed by atoms with Gasteiger partial charge in [-0.3, -0.25) is 18.6 Å². The Balaban J connectivity index is 2.52. The number of hydrogen-bond donors (Lipinski definition) is 7. The average Bonchev–Trinajstić information content (AvgIpc) is 3.29. The van der Waals surface area contributed by atoms with E-state index in [0.29, 0.717) is 12.8 Å². The summed E-state index contributed by atoms with van der Waals surface area (Å²) in [4.78, 5) is 35.8. The van der Waals surface area contributed by atoms with Crippen molar-refractivity contribution in [3.05, 3.63) is 72.9 Å². The van der Waals surface area contributed by atoms with Crippen molar-refractivity contribution in [2.75, 3.05) is 13.2 Å². The first kappa shape index (κ1) is 61.3. The molecular weight excluding hydrogens is 868 g/mol. The summed E-state index contributed by atoms with van der Waals surface area (Å²) in [5.41, 5.74) is 0. The molecule has 0 aromatic rings. The molecule has 380 valence electrons. The fraction of sp³-hybridized carbons (Fsp3) is 0.725. The van der Waals surface area contributed by atoms with Gasteiger partial charge >= 0.3 is 19.8 Å². The van der Waals surface area contributed by atoms with E-state index in [-0.39, 0.29) is 19.3 Å². The van der Waals surface area contributed by atoms with E-state index in [0.717, 1.165) is 51.4 Å². The number of carbonyl (C=O) groups is 2. The van der Waals surface area contributed by atoms with Crippen molar-refractivity contribution in [2.45, 2.75) is 223 Å². The molecule has 9 atom stereocenters. The van der Waals surface area contributed by atoms with Crippen molar-refractivity contribution >= 4 is 19.8 Å². The Hall–Kier alpha value is -2.75. The number of esters is 2. The van der Waals surface area contributed by atoms with Crippen molar-refractivity contribution in [1.29, 1.82) is 0 Å². The van der Waals surface area contributed by atoms with Crippen molar-refractivity contribution in [3.8, 4) is 0 Å². The molecule has 1 fully saturated rings. The third-order valence-corrected chi connectivity index (χ3v) is 12.1. The summed E-state index contributed by atoms with van der Waals surface area (Å²) in [7, 11) is -5.17. The van der Waals surface area contributed by atoms with Crippen LogP contribution in [0.5, 0.6) is 0 Å². The number of phosphoric acid groups is 1. The number of phosphoric ester groups is 1. The highest BCUT2D eigenvalue weighted by molar-refractivity contribution is 7.47. The molecule has 1 aliphatic rings. The number of carbonyl (C=O) groups excluding carboxylic acids is 2. The number of unbranched alkanes of at least 4 members (excludes halogenated alkanes) is 16. The molecule has 0 heterocycles. The molecule has 0 saturated heterocycles. The van der Waals surface area contributed by atoms with Crippen LogP contribution >= 0.6 is 7.82 Å². The minimum absolute atomic E-state index is 0.111. The smallest absolute Gasteiger partial charge is 0.462 e. The molecule has 66 heavy (non-hydrogen) atoms. The molecule has 7 N–H and O–H groups in total. The van der Waals surface area contributed by atoms with Gasteiger partial charge in [-0.1, -0.05) is 189 Å². The van der Waals surface area contributed by atoms with E-state index in [1.165, 1.54) is 77.0 Å². The number of aliphatic hydroxyl groups is 6. The second-order valence-corrected chi connectivity index (χ2v) is 18.6. The normalized spacial score (nSPS) is 22.4. The summed E-state index contributed by atoms with van der Waals surface area (Å²) in [5.74, 6) is -1.28. The number of ether oxygens (including phenoxy) is 2. The largest absolute Gasteiger partial charge is 0.472 e. The van der Waals surface area contributed by atoms with Gasteiger partial charge < -0.3 is 45.0 Å². The predicted molar refractivity (Wildman–Crippen MR) is 259 cm³/mol. The Bertz CT molecular complexity index is 1450. The van der Waals surface area contributed by atoms with E-state index in [9.17, 15) is 49.7 Å². The van der Waals surface area contributed by atoms with Crippen LogP contribution in [0.4, 0.5) is 0 Å². The van der Waals surface area contributed by atoms with Crippen molar-refractivity contribution in [2.24, 2.45) is 0 Å². The first-order valence-electron chi connectivity index (χ1n) is 24.8. The second kappa shape index (κ2) is 40.2. The van der Waals surface area contributed by atoms with E-state index >= 15 is 0 Å². The van der Waals surface area contributed by atoms with Crippen LogP contribution in [0, 0.1) is 0 Å². The van der Waals surface area contributed by atoms with Gasteiger partial charge in [0.05, 0.1) is 12.7 Å². The van der Waals surface area contributed by atoms with Gasteiger partial charge in [-0.2, -0.15) is 0 Å². The highest BCUT2D eigenvalue weighted by atomic mass is 31.2. The molecule has 1 aliphatic carbocycles. The lowest BCUT2D eigenvalue weighted by molar-refractivity contribution is -0.220. The first-order chi connectivity index (χ1) is 31.8. The van der Waals surface area contributed by atoms with Crippen molar-refractivity contribution < 1.29 is 68.2 Å². The summed E-state index contributed by atoms with van der Waals surface area (Å²) in [5, 5.41) is 60.5. The second-order valence-electron chi connectivity index (χ2n) is 17.1. The van der Waals surface area contributed by atoms with Crippen LogP contribution in [0.3, 0.4) is 0 Å². The highest BCUT2D eigenvalue weighted by Gasteiger charge is 2.51. The zero-order valence-corrected chi connectivity index (χ0v) is 41.0. The Labute approximate surface area is 396 Å². The predicted octanol–water partition coefficient (Wildman–Crippen LogP) is 9.25. The molecule has 0 aliphatic heterocycles. The molecule has 0 aromatic heterocycles. The zero-order chi connectivity index (χ0) is 48.7. The Kier molecular flexibility index (Phi) is 37.3. The summed E-state index contributed by atoms with van der Waals surface area (Å²) in [6, 6.07) is 0. The highest BCUT2D eigenvalue weighted by Crippen LogP contribution is 2.47. The van der Waals surface area contributed by atoms with Gasteiger partial charge in [0.1, 0.15) is 43.2 Å². The number of rotatable bonds is 40. The van der Waals surface area contributed by atoms with Gasteiger partial charge in [0, 0.05) is 12.8 Å². The van der Waals surface area contributed by atoms with Gasteiger partial charge in [-0.05, 0) is 44.9 Å². The van der Waals surface area contributed by atoms with E-state index in [1.54, 1.807) is 24.3 Å². The van der Waals surface area contributed by atoms with E-state index in [1.807, 2.05) is 12.2 Å². The van der Waals surface area contributed by atoms with Gasteiger partial charge in [0.25, 0.3) is 0 Å². The summed E-state index contributed by atoms with van der Waals surface area (Å²) in [6.45, 7) is 3.05. The lowest BCUT2D eigenvalue weighted by Gasteiger charge is -2.41. The maximum atomic E-state index is 12.8. The molecule has 1 rings (SSSR count). The van der Waals surface area contributed by atoms with Crippen LogP contribution < -0.4 is 0 Å². The summed E-state index contributed by atoms with van der Waals surface area (Å²) in [6.07, 6.45) is 34.0. The van der Waals surface area contributed by atoms with Crippen LogP contribution in [0.25, 0.3) is 0 Å². The zero-order valence-electron chi connectivity index (χ0n) is 40.1. The average molecular weight is 955 g/mol. The Morgan fingerprint density at radius 2 is 1.05 bits per heavy atom. The number of allylic oxidation sites excluding steroid dienone is 10. The van der Waals surface area contributed by atoms with Crippen molar-refractivity contribution in [3.63, 3.8) is 0 Å². The fourth-order valence-electron chi connectivity index (χ4n) is 7.16. The summed E-state index contributed by atoms with van der Waals surface area (Å²) >= 11 is 0. The minimum Gasteiger partial charge on any atom is -0.462 e. The molecule has 14 nitrogen and oxygen atoms in total. The molecule has 4 unspecified atom stereocenters. The maximum Gasteiger partial charge on any atom is 0.472 e. The van der Waals surface area contributed by atoms with Crippen LogP contribution in [-0.2, 0) is 32.7 Å². The topological polar surface area (TPSA) is 230 Å². The minimum atomic E-state index is -5.17. The molecule has 1 saturated carbocycles. The third-order valence-electron chi connectivity index (χ3n) is 11.2. The molecular formula is C51H87O14P. The lowest BCUT2D eigenvalue weighted by Crippen LogP contribution is -2.64. The lowest BCUT2D eigenvalue weighted by atomic mass is 9.85. The van der Waals surface area contributed by atoms with Gasteiger partial charge in [-0.25, -0.2) is 4.57 Å². The Morgan fingerprint density at radius 1 is 0.561 bits per heavy atom. The third kappa shape index (κ3) is 32.1. The van der Waals surface area contributed by atoms with Crippen LogP contribution in [0.2, 0.25) is 0 Å². The molecule has 0 amide bonds. The van der Waals surface area contributed by atoms with E-state index < -0.39 is 81.8 Å².